The molecule has 0 unspecified atom stereocenters. The Morgan fingerprint density at radius 2 is 1.87 bits per heavy atom. The predicted molar refractivity (Wildman–Crippen MR) is 83.4 cm³/mol. The largest absolute Gasteiger partial charge is 0.478 e. The van der Waals surface area contributed by atoms with E-state index in [1.165, 1.54) is 24.3 Å². The molecule has 23 heavy (non-hydrogen) atoms. The van der Waals surface area contributed by atoms with Crippen LogP contribution in [0.5, 0.6) is 0 Å². The zero-order chi connectivity index (χ0) is 16.8. The van der Waals surface area contributed by atoms with E-state index in [1.807, 2.05) is 0 Å². The summed E-state index contributed by atoms with van der Waals surface area (Å²) in [5.41, 5.74) is 0.875. The van der Waals surface area contributed by atoms with Crippen LogP contribution in [0.15, 0.2) is 48.5 Å². The van der Waals surface area contributed by atoms with Crippen LogP contribution in [0, 0.1) is 10.1 Å². The topological polar surface area (TPSA) is 110 Å². The Morgan fingerprint density at radius 1 is 1.13 bits per heavy atom. The molecule has 0 aromatic heterocycles. The SMILES string of the molecule is O=C(CCc1cccc([N+](=O)[O-])c1)Nc1ccccc1C(=O)O. The summed E-state index contributed by atoms with van der Waals surface area (Å²) in [4.78, 5) is 33.2. The number of hydrogen-bond donors (Lipinski definition) is 2. The highest BCUT2D eigenvalue weighted by atomic mass is 16.6. The minimum Gasteiger partial charge on any atom is -0.478 e. The molecule has 0 aliphatic rings. The summed E-state index contributed by atoms with van der Waals surface area (Å²) in [7, 11) is 0. The molecule has 7 nitrogen and oxygen atoms in total. The minimum atomic E-state index is -1.13. The molecule has 0 aliphatic carbocycles. The number of anilines is 1. The summed E-state index contributed by atoms with van der Waals surface area (Å²) in [6.07, 6.45) is 0.415. The van der Waals surface area contributed by atoms with E-state index in [-0.39, 0.29) is 29.3 Å². The average Bonchev–Trinajstić information content (AvgIpc) is 2.53. The van der Waals surface area contributed by atoms with Crippen molar-refractivity contribution in [3.63, 3.8) is 0 Å². The van der Waals surface area contributed by atoms with Gasteiger partial charge >= 0.3 is 5.97 Å². The first kappa shape index (κ1) is 16.2. The molecule has 2 rings (SSSR count). The van der Waals surface area contributed by atoms with Crippen molar-refractivity contribution in [3.05, 3.63) is 69.8 Å². The number of benzene rings is 2. The number of aromatic carboxylic acids is 1. The smallest absolute Gasteiger partial charge is 0.337 e. The second-order valence-electron chi connectivity index (χ2n) is 4.83. The second kappa shape index (κ2) is 7.17. The van der Waals surface area contributed by atoms with Crippen LogP contribution in [0.3, 0.4) is 0 Å². The Hall–Kier alpha value is -3.22. The summed E-state index contributed by atoms with van der Waals surface area (Å²) in [6.45, 7) is 0. The number of hydrogen-bond acceptors (Lipinski definition) is 4. The van der Waals surface area contributed by atoms with Crippen LogP contribution in [0.2, 0.25) is 0 Å². The number of carboxylic acids is 1. The van der Waals surface area contributed by atoms with Gasteiger partial charge in [0, 0.05) is 18.6 Å². The first-order chi connectivity index (χ1) is 11.0. The zero-order valence-electron chi connectivity index (χ0n) is 12.1. The molecule has 2 aromatic rings. The minimum absolute atomic E-state index is 0.0104. The molecule has 2 aromatic carbocycles. The van der Waals surface area contributed by atoms with Crippen LogP contribution in [-0.2, 0) is 11.2 Å². The standard InChI is InChI=1S/C16H14N2O5/c19-15(17-14-7-2-1-6-13(14)16(20)21)9-8-11-4-3-5-12(10-11)18(22)23/h1-7,10H,8-9H2,(H,17,19)(H,20,21). The maximum Gasteiger partial charge on any atom is 0.337 e. The van der Waals surface area contributed by atoms with Crippen molar-refractivity contribution in [1.82, 2.24) is 0 Å². The van der Waals surface area contributed by atoms with E-state index in [0.717, 1.165) is 0 Å². The number of nitro benzene ring substituents is 1. The number of aryl methyl sites for hydroxylation is 1. The Morgan fingerprint density at radius 3 is 2.57 bits per heavy atom. The first-order valence-electron chi connectivity index (χ1n) is 6.83. The highest BCUT2D eigenvalue weighted by Gasteiger charge is 2.12. The van der Waals surface area contributed by atoms with Gasteiger partial charge in [0.1, 0.15) is 0 Å². The highest BCUT2D eigenvalue weighted by Crippen LogP contribution is 2.17. The van der Waals surface area contributed by atoms with Crippen LogP contribution < -0.4 is 5.32 Å². The van der Waals surface area contributed by atoms with E-state index < -0.39 is 10.9 Å². The molecule has 0 radical (unpaired) electrons. The number of nitrogens with zero attached hydrogens (tertiary/aromatic N) is 1. The maximum atomic E-state index is 11.9. The molecule has 118 valence electrons. The van der Waals surface area contributed by atoms with Gasteiger partial charge in [0.25, 0.3) is 5.69 Å². The van der Waals surface area contributed by atoms with Gasteiger partial charge in [-0.05, 0) is 24.1 Å². The lowest BCUT2D eigenvalue weighted by molar-refractivity contribution is -0.384. The van der Waals surface area contributed by atoms with E-state index in [9.17, 15) is 19.7 Å². The highest BCUT2D eigenvalue weighted by molar-refractivity contribution is 6.00. The number of para-hydroxylation sites is 1. The third kappa shape index (κ3) is 4.37. The van der Waals surface area contributed by atoms with Crippen LogP contribution in [-0.4, -0.2) is 21.9 Å². The van der Waals surface area contributed by atoms with Gasteiger partial charge < -0.3 is 10.4 Å². The number of carbonyl (C=O) groups is 2. The molecular formula is C16H14N2O5. The number of carboxylic acid groups (broad SMARTS) is 1. The molecule has 0 saturated carbocycles. The molecule has 0 spiro atoms. The van der Waals surface area contributed by atoms with Gasteiger partial charge in [-0.2, -0.15) is 0 Å². The molecule has 0 fully saturated rings. The van der Waals surface area contributed by atoms with Crippen molar-refractivity contribution in [2.24, 2.45) is 0 Å². The van der Waals surface area contributed by atoms with Gasteiger partial charge in [-0.15, -0.1) is 0 Å². The third-order valence-electron chi connectivity index (χ3n) is 3.19. The van der Waals surface area contributed by atoms with Crippen molar-refractivity contribution in [1.29, 1.82) is 0 Å². The lowest BCUT2D eigenvalue weighted by Crippen LogP contribution is -2.15. The lowest BCUT2D eigenvalue weighted by atomic mass is 10.1. The van der Waals surface area contributed by atoms with E-state index in [0.29, 0.717) is 12.0 Å². The summed E-state index contributed by atoms with van der Waals surface area (Å²) in [6, 6.07) is 12.2. The van der Waals surface area contributed by atoms with Gasteiger partial charge in [0.2, 0.25) is 5.91 Å². The van der Waals surface area contributed by atoms with Crippen molar-refractivity contribution < 1.29 is 19.6 Å². The van der Waals surface area contributed by atoms with Crippen molar-refractivity contribution in [2.75, 3.05) is 5.32 Å². The van der Waals surface area contributed by atoms with Gasteiger partial charge in [-0.25, -0.2) is 4.79 Å². The zero-order valence-corrected chi connectivity index (χ0v) is 12.1. The number of amides is 1. The Balaban J connectivity index is 2.00. The Labute approximate surface area is 131 Å². The lowest BCUT2D eigenvalue weighted by Gasteiger charge is -2.08. The molecule has 7 heteroatoms. The number of carbonyl (C=O) groups excluding carboxylic acids is 1. The van der Waals surface area contributed by atoms with Crippen LogP contribution in [0.4, 0.5) is 11.4 Å². The Kier molecular flexibility index (Phi) is 5.03. The number of nitro groups is 1. The second-order valence-corrected chi connectivity index (χ2v) is 4.83. The average molecular weight is 314 g/mol. The number of nitrogens with one attached hydrogen (secondary N) is 1. The van der Waals surface area contributed by atoms with E-state index in [4.69, 9.17) is 5.11 Å². The van der Waals surface area contributed by atoms with E-state index in [1.54, 1.807) is 24.3 Å². The maximum absolute atomic E-state index is 11.9. The van der Waals surface area contributed by atoms with Crippen LogP contribution in [0.25, 0.3) is 0 Å². The predicted octanol–water partition coefficient (Wildman–Crippen LogP) is 2.86. The quantitative estimate of drug-likeness (QED) is 0.629. The number of non-ortho nitro benzene ring substituents is 1. The van der Waals surface area contributed by atoms with Crippen molar-refractivity contribution >= 4 is 23.3 Å². The third-order valence-corrected chi connectivity index (χ3v) is 3.19. The van der Waals surface area contributed by atoms with Gasteiger partial charge in [-0.3, -0.25) is 14.9 Å². The monoisotopic (exact) mass is 314 g/mol. The molecule has 0 saturated heterocycles. The molecule has 2 N–H and O–H groups in total. The fraction of sp³-hybridized carbons (Fsp3) is 0.125. The number of rotatable bonds is 6. The molecule has 0 aliphatic heterocycles. The Bertz CT molecular complexity index is 758. The van der Waals surface area contributed by atoms with Gasteiger partial charge in [-0.1, -0.05) is 24.3 Å². The van der Waals surface area contributed by atoms with Gasteiger partial charge in [0.05, 0.1) is 16.2 Å². The van der Waals surface area contributed by atoms with Crippen molar-refractivity contribution in [3.8, 4) is 0 Å². The molecule has 0 atom stereocenters. The summed E-state index contributed by atoms with van der Waals surface area (Å²) >= 11 is 0. The normalized spacial score (nSPS) is 10.1. The summed E-state index contributed by atoms with van der Waals surface area (Å²) < 4.78 is 0. The fourth-order valence-corrected chi connectivity index (χ4v) is 2.07. The molecule has 0 bridgehead atoms. The molecular weight excluding hydrogens is 300 g/mol. The van der Waals surface area contributed by atoms with E-state index >= 15 is 0 Å². The van der Waals surface area contributed by atoms with E-state index in [2.05, 4.69) is 5.32 Å². The first-order valence-corrected chi connectivity index (χ1v) is 6.83. The van der Waals surface area contributed by atoms with Crippen LogP contribution in [0.1, 0.15) is 22.3 Å². The molecule has 0 heterocycles. The van der Waals surface area contributed by atoms with Gasteiger partial charge in [0.15, 0.2) is 0 Å². The van der Waals surface area contributed by atoms with Crippen LogP contribution >= 0.6 is 0 Å². The summed E-state index contributed by atoms with van der Waals surface area (Å²) in [5, 5.41) is 22.3. The van der Waals surface area contributed by atoms with Crippen molar-refractivity contribution in [2.45, 2.75) is 12.8 Å². The molecule has 1 amide bonds. The fourth-order valence-electron chi connectivity index (χ4n) is 2.07. The summed E-state index contributed by atoms with van der Waals surface area (Å²) in [5.74, 6) is -1.48.